The molecule has 0 saturated heterocycles. The summed E-state index contributed by atoms with van der Waals surface area (Å²) in [6.45, 7) is 0. The van der Waals surface area contributed by atoms with Gasteiger partial charge in [-0.05, 0) is 0 Å². The van der Waals surface area contributed by atoms with E-state index in [1.54, 1.807) is 0 Å². The zero-order valence-corrected chi connectivity index (χ0v) is 13.7. The van der Waals surface area contributed by atoms with Crippen molar-refractivity contribution in [1.29, 1.82) is 0 Å². The summed E-state index contributed by atoms with van der Waals surface area (Å²) >= 11 is 0. The van der Waals surface area contributed by atoms with Crippen LogP contribution in [0.4, 0.5) is 4.79 Å². The third-order valence-electron chi connectivity index (χ3n) is 3.08. The van der Waals surface area contributed by atoms with Crippen LogP contribution >= 0.6 is 0 Å². The number of rotatable bonds is 12. The first kappa shape index (κ1) is 32.7. The van der Waals surface area contributed by atoms with Crippen molar-refractivity contribution in [2.24, 2.45) is 0 Å². The summed E-state index contributed by atoms with van der Waals surface area (Å²) in [6, 6.07) is 0. The molecule has 0 aliphatic rings. The second kappa shape index (κ2) is 13.4. The van der Waals surface area contributed by atoms with Crippen molar-refractivity contribution in [3.63, 3.8) is 0 Å². The summed E-state index contributed by atoms with van der Waals surface area (Å²) in [6.07, 6.45) is -8.62. The van der Waals surface area contributed by atoms with E-state index in [2.05, 4.69) is 9.47 Å². The molecule has 0 atom stereocenters. The normalized spacial score (nSPS) is 10.4. The number of aliphatic carboxylic acids is 6. The molecule has 0 radical (unpaired) electrons. The van der Waals surface area contributed by atoms with Crippen LogP contribution in [0.2, 0.25) is 0 Å². The Bertz CT molecular complexity index is 625. The van der Waals surface area contributed by atoms with E-state index < -0.39 is 78.9 Å². The maximum atomic E-state index is 11.9. The summed E-state index contributed by atoms with van der Waals surface area (Å²) in [5.74, 6) is -12.2. The first-order chi connectivity index (χ1) is 12.7. The monoisotopic (exact) mass is 458 g/mol. The molecule has 0 fully saturated rings. The summed E-state index contributed by atoms with van der Waals surface area (Å²) in [5.41, 5.74) is -6.49. The summed E-state index contributed by atoms with van der Waals surface area (Å²) in [5, 5.41) is 53.2. The fourth-order valence-electron chi connectivity index (χ4n) is 1.98. The van der Waals surface area contributed by atoms with Crippen molar-refractivity contribution in [3.8, 4) is 0 Å². The molecular weight excluding hydrogens is 442 g/mol. The topological polar surface area (TPSA) is 259 Å². The van der Waals surface area contributed by atoms with Crippen LogP contribution in [-0.2, 0) is 38.2 Å². The van der Waals surface area contributed by atoms with Gasteiger partial charge in [0.1, 0.15) is 0 Å². The number of carbonyl (C=O) groups is 7. The Hall–Kier alpha value is -1.91. The van der Waals surface area contributed by atoms with Gasteiger partial charge in [0.05, 0.1) is 25.7 Å². The van der Waals surface area contributed by atoms with Crippen molar-refractivity contribution in [2.75, 3.05) is 0 Å². The standard InChI is InChI=1S/C13H14O15.2Na.2H/c14-5(15)1-12(9(22)23,2-6(16)17)27-11(26)28-13(10(24)25,3-7(18)19)4-8(20)21;;;;/h1-4H2,(H,14,15)(H,16,17)(H,18,19)(H,20,21)(H,22,23)(H,24,25);;;;. The molecule has 17 heteroatoms. The van der Waals surface area contributed by atoms with E-state index in [9.17, 15) is 33.6 Å². The molecule has 0 aromatic carbocycles. The van der Waals surface area contributed by atoms with Gasteiger partial charge in [-0.3, -0.25) is 19.2 Å². The molecule has 0 heterocycles. The van der Waals surface area contributed by atoms with Crippen molar-refractivity contribution < 1.29 is 73.7 Å². The number of hydrogen-bond donors (Lipinski definition) is 6. The summed E-state index contributed by atoms with van der Waals surface area (Å²) < 4.78 is 8.44. The van der Waals surface area contributed by atoms with Gasteiger partial charge in [0.2, 0.25) is 11.2 Å². The Morgan fingerprint density at radius 1 is 0.500 bits per heavy atom. The van der Waals surface area contributed by atoms with Crippen molar-refractivity contribution in [2.45, 2.75) is 36.9 Å². The van der Waals surface area contributed by atoms with Crippen LogP contribution < -0.4 is 0 Å². The number of ether oxygens (including phenoxy) is 2. The first-order valence-electron chi connectivity index (χ1n) is 6.92. The third kappa shape index (κ3) is 10.2. The van der Waals surface area contributed by atoms with Crippen LogP contribution in [0, 0.1) is 0 Å². The molecule has 0 aliphatic carbocycles. The van der Waals surface area contributed by atoms with Gasteiger partial charge in [0, 0.05) is 0 Å². The van der Waals surface area contributed by atoms with Crippen LogP contribution in [0.3, 0.4) is 0 Å². The molecule has 0 unspecified atom stereocenters. The van der Waals surface area contributed by atoms with Gasteiger partial charge in [-0.15, -0.1) is 0 Å². The SMILES string of the molecule is O=C(O)CC(CC(=O)O)(OC(=O)OC(CC(=O)O)(CC(=O)O)C(=O)O)C(=O)O.[NaH].[NaH]. The molecule has 0 aliphatic heterocycles. The molecule has 30 heavy (non-hydrogen) atoms. The Morgan fingerprint density at radius 2 is 0.700 bits per heavy atom. The van der Waals surface area contributed by atoms with Gasteiger partial charge in [-0.25, -0.2) is 14.4 Å². The molecule has 6 N–H and O–H groups in total. The predicted octanol–water partition coefficient (Wildman–Crippen LogP) is -2.61. The number of carboxylic acid groups (broad SMARTS) is 6. The number of hydrogen-bond acceptors (Lipinski definition) is 9. The number of carbonyl (C=O) groups excluding carboxylic acids is 1. The zero-order chi connectivity index (χ0) is 22.3. The average Bonchev–Trinajstić information content (AvgIpc) is 2.42. The first-order valence-corrected chi connectivity index (χ1v) is 6.92. The van der Waals surface area contributed by atoms with E-state index in [1.807, 2.05) is 0 Å². The summed E-state index contributed by atoms with van der Waals surface area (Å²) in [4.78, 5) is 77.8. The van der Waals surface area contributed by atoms with E-state index in [0.717, 1.165) is 0 Å². The van der Waals surface area contributed by atoms with E-state index in [1.165, 1.54) is 0 Å². The second-order valence-corrected chi connectivity index (χ2v) is 5.34. The van der Waals surface area contributed by atoms with Crippen LogP contribution in [0.25, 0.3) is 0 Å². The molecule has 0 saturated carbocycles. The Morgan fingerprint density at radius 3 is 0.833 bits per heavy atom. The van der Waals surface area contributed by atoms with Gasteiger partial charge in [0.25, 0.3) is 0 Å². The van der Waals surface area contributed by atoms with E-state index >= 15 is 0 Å². The molecule has 0 rings (SSSR count). The summed E-state index contributed by atoms with van der Waals surface area (Å²) in [7, 11) is 0. The van der Waals surface area contributed by atoms with E-state index in [0.29, 0.717) is 0 Å². The van der Waals surface area contributed by atoms with Gasteiger partial charge in [-0.2, -0.15) is 0 Å². The van der Waals surface area contributed by atoms with E-state index in [-0.39, 0.29) is 59.1 Å². The molecule has 0 spiro atoms. The van der Waals surface area contributed by atoms with Gasteiger partial charge in [0.15, 0.2) is 0 Å². The molecule has 0 bridgehead atoms. The third-order valence-corrected chi connectivity index (χ3v) is 3.08. The van der Waals surface area contributed by atoms with Crippen LogP contribution in [-0.4, -0.2) is 143 Å². The Labute approximate surface area is 210 Å². The van der Waals surface area contributed by atoms with E-state index in [4.69, 9.17) is 30.6 Å². The van der Waals surface area contributed by atoms with Crippen molar-refractivity contribution in [1.82, 2.24) is 0 Å². The minimum absolute atomic E-state index is 0. The quantitative estimate of drug-likeness (QED) is 0.129. The van der Waals surface area contributed by atoms with Gasteiger partial charge < -0.3 is 40.1 Å². The molecule has 0 aromatic heterocycles. The molecule has 0 amide bonds. The van der Waals surface area contributed by atoms with Crippen molar-refractivity contribution >= 4 is 101 Å². The zero-order valence-electron chi connectivity index (χ0n) is 13.7. The van der Waals surface area contributed by atoms with Crippen LogP contribution in [0.15, 0.2) is 0 Å². The fraction of sp³-hybridized carbons (Fsp3) is 0.462. The maximum absolute atomic E-state index is 11.9. The molecule has 160 valence electrons. The Kier molecular flexibility index (Phi) is 14.6. The number of carboxylic acids is 6. The minimum atomic E-state index is -3.24. The van der Waals surface area contributed by atoms with Gasteiger partial charge >= 0.3 is 101 Å². The van der Waals surface area contributed by atoms with Crippen LogP contribution in [0.1, 0.15) is 25.7 Å². The molecular formula is C13H16Na2O15. The average molecular weight is 458 g/mol. The van der Waals surface area contributed by atoms with Gasteiger partial charge in [-0.1, -0.05) is 0 Å². The predicted molar refractivity (Wildman–Crippen MR) is 91.6 cm³/mol. The fourth-order valence-corrected chi connectivity index (χ4v) is 1.98. The molecule has 0 aromatic rings. The van der Waals surface area contributed by atoms with Crippen molar-refractivity contribution in [3.05, 3.63) is 0 Å². The Balaban J connectivity index is -0.00000364. The molecule has 15 nitrogen and oxygen atoms in total. The van der Waals surface area contributed by atoms with Crippen LogP contribution in [0.5, 0.6) is 0 Å². The second-order valence-electron chi connectivity index (χ2n) is 5.34.